The topological polar surface area (TPSA) is 58.9 Å². The van der Waals surface area contributed by atoms with Crippen LogP contribution in [0.4, 0.5) is 5.82 Å². The zero-order chi connectivity index (χ0) is 18.5. The molecule has 0 aliphatic heterocycles. The molecular formula is C20H28N6. The quantitative estimate of drug-likeness (QED) is 0.628. The molecule has 0 bridgehead atoms. The third-order valence-corrected chi connectivity index (χ3v) is 5.03. The molecule has 0 amide bonds. The highest BCUT2D eigenvalue weighted by Crippen LogP contribution is 2.30. The number of nitrogens with one attached hydrogen (secondary N) is 1. The molecule has 3 aromatic rings. The summed E-state index contributed by atoms with van der Waals surface area (Å²) in [5.41, 5.74) is 4.32. The fraction of sp³-hybridized carbons (Fsp3) is 0.450. The van der Waals surface area contributed by atoms with Gasteiger partial charge in [0.15, 0.2) is 5.65 Å². The van der Waals surface area contributed by atoms with Crippen molar-refractivity contribution in [3.05, 3.63) is 42.1 Å². The van der Waals surface area contributed by atoms with Crippen LogP contribution in [-0.4, -0.2) is 50.6 Å². The number of hydrogen-bond donors (Lipinski definition) is 1. The number of aromatic nitrogens is 4. The van der Waals surface area contributed by atoms with Gasteiger partial charge in [0.2, 0.25) is 0 Å². The first-order valence-corrected chi connectivity index (χ1v) is 9.36. The standard InChI is InChI=1S/C20H28N6/c1-5-25(6-2)12-8-11-22-19-18-15(3)16(4)26(20(18)24-14-23-19)17-9-7-10-21-13-17/h7,9-10,13-14H,5-6,8,11-12H2,1-4H3,(H,22,23,24). The van der Waals surface area contributed by atoms with E-state index in [1.807, 2.05) is 12.3 Å². The summed E-state index contributed by atoms with van der Waals surface area (Å²) < 4.78 is 2.15. The maximum absolute atomic E-state index is 4.56. The summed E-state index contributed by atoms with van der Waals surface area (Å²) in [4.78, 5) is 15.8. The maximum atomic E-state index is 4.56. The van der Waals surface area contributed by atoms with Crippen molar-refractivity contribution in [1.82, 2.24) is 24.4 Å². The maximum Gasteiger partial charge on any atom is 0.150 e. The van der Waals surface area contributed by atoms with Crippen molar-refractivity contribution in [3.63, 3.8) is 0 Å². The van der Waals surface area contributed by atoms with E-state index in [1.54, 1.807) is 12.5 Å². The zero-order valence-electron chi connectivity index (χ0n) is 16.2. The van der Waals surface area contributed by atoms with Crippen molar-refractivity contribution in [3.8, 4) is 5.69 Å². The van der Waals surface area contributed by atoms with Gasteiger partial charge in [-0.25, -0.2) is 9.97 Å². The summed E-state index contributed by atoms with van der Waals surface area (Å²) >= 11 is 0. The molecule has 0 fully saturated rings. The normalized spacial score (nSPS) is 11.4. The van der Waals surface area contributed by atoms with Gasteiger partial charge in [0.1, 0.15) is 12.1 Å². The molecule has 0 unspecified atom stereocenters. The summed E-state index contributed by atoms with van der Waals surface area (Å²) in [6.07, 6.45) is 6.38. The second kappa shape index (κ2) is 8.27. The minimum absolute atomic E-state index is 0.902. The molecule has 26 heavy (non-hydrogen) atoms. The molecule has 1 N–H and O–H groups in total. The third kappa shape index (κ3) is 3.55. The minimum Gasteiger partial charge on any atom is -0.369 e. The molecule has 0 atom stereocenters. The number of fused-ring (bicyclic) bond motifs is 1. The van der Waals surface area contributed by atoms with Crippen LogP contribution in [0.2, 0.25) is 0 Å². The van der Waals surface area contributed by atoms with Gasteiger partial charge < -0.3 is 10.2 Å². The van der Waals surface area contributed by atoms with Crippen molar-refractivity contribution in [2.24, 2.45) is 0 Å². The molecule has 0 saturated heterocycles. The summed E-state index contributed by atoms with van der Waals surface area (Å²) in [5, 5.41) is 4.61. The molecule has 3 rings (SSSR count). The van der Waals surface area contributed by atoms with Gasteiger partial charge >= 0.3 is 0 Å². The molecule has 138 valence electrons. The van der Waals surface area contributed by atoms with E-state index >= 15 is 0 Å². The van der Waals surface area contributed by atoms with Crippen molar-refractivity contribution < 1.29 is 0 Å². The highest BCUT2D eigenvalue weighted by atomic mass is 15.1. The van der Waals surface area contributed by atoms with Gasteiger partial charge in [-0.05, 0) is 57.6 Å². The third-order valence-electron chi connectivity index (χ3n) is 5.03. The first-order chi connectivity index (χ1) is 12.7. The highest BCUT2D eigenvalue weighted by molar-refractivity contribution is 5.93. The molecule has 0 saturated carbocycles. The summed E-state index contributed by atoms with van der Waals surface area (Å²) in [7, 11) is 0. The van der Waals surface area contributed by atoms with E-state index in [0.717, 1.165) is 55.1 Å². The van der Waals surface area contributed by atoms with Gasteiger partial charge in [-0.3, -0.25) is 9.55 Å². The Labute approximate surface area is 155 Å². The Morgan fingerprint density at radius 2 is 1.96 bits per heavy atom. The molecule has 0 aliphatic carbocycles. The Balaban J connectivity index is 1.87. The van der Waals surface area contributed by atoms with Gasteiger partial charge in [0.05, 0.1) is 17.3 Å². The highest BCUT2D eigenvalue weighted by Gasteiger charge is 2.17. The van der Waals surface area contributed by atoms with E-state index in [-0.39, 0.29) is 0 Å². The monoisotopic (exact) mass is 352 g/mol. The lowest BCUT2D eigenvalue weighted by molar-refractivity contribution is 0.303. The molecule has 0 spiro atoms. The van der Waals surface area contributed by atoms with Crippen molar-refractivity contribution >= 4 is 16.9 Å². The van der Waals surface area contributed by atoms with Crippen LogP contribution in [-0.2, 0) is 0 Å². The summed E-state index contributed by atoms with van der Waals surface area (Å²) in [5.74, 6) is 0.915. The predicted octanol–water partition coefficient (Wildman–Crippen LogP) is 3.58. The lowest BCUT2D eigenvalue weighted by Gasteiger charge is -2.17. The Morgan fingerprint density at radius 3 is 2.65 bits per heavy atom. The number of hydrogen-bond acceptors (Lipinski definition) is 5. The average molecular weight is 352 g/mol. The van der Waals surface area contributed by atoms with Crippen molar-refractivity contribution in [2.45, 2.75) is 34.1 Å². The van der Waals surface area contributed by atoms with Crippen LogP contribution in [0.5, 0.6) is 0 Å². The molecule has 0 aliphatic rings. The molecule has 0 aromatic carbocycles. The van der Waals surface area contributed by atoms with Crippen LogP contribution in [0, 0.1) is 13.8 Å². The van der Waals surface area contributed by atoms with Crippen molar-refractivity contribution in [1.29, 1.82) is 0 Å². The van der Waals surface area contributed by atoms with E-state index in [1.165, 1.54) is 11.3 Å². The SMILES string of the molecule is CCN(CC)CCCNc1ncnc2c1c(C)c(C)n2-c1cccnc1. The van der Waals surface area contributed by atoms with E-state index in [2.05, 4.69) is 63.5 Å². The molecular weight excluding hydrogens is 324 g/mol. The fourth-order valence-electron chi connectivity index (χ4n) is 3.38. The minimum atomic E-state index is 0.902. The summed E-state index contributed by atoms with van der Waals surface area (Å²) in [6.45, 7) is 12.9. The van der Waals surface area contributed by atoms with Crippen LogP contribution in [0.1, 0.15) is 31.5 Å². The van der Waals surface area contributed by atoms with Gasteiger partial charge in [0.25, 0.3) is 0 Å². The van der Waals surface area contributed by atoms with E-state index in [9.17, 15) is 0 Å². The molecule has 3 aromatic heterocycles. The number of nitrogens with zero attached hydrogens (tertiary/aromatic N) is 5. The second-order valence-corrected chi connectivity index (χ2v) is 6.49. The molecule has 0 radical (unpaired) electrons. The number of rotatable bonds is 8. The van der Waals surface area contributed by atoms with E-state index in [4.69, 9.17) is 0 Å². The molecule has 6 heteroatoms. The Bertz CT molecular complexity index is 852. The molecule has 3 heterocycles. The number of pyridine rings is 1. The van der Waals surface area contributed by atoms with Crippen LogP contribution in [0.3, 0.4) is 0 Å². The fourth-order valence-corrected chi connectivity index (χ4v) is 3.38. The smallest absolute Gasteiger partial charge is 0.150 e. The Hall–Kier alpha value is -2.47. The van der Waals surface area contributed by atoms with Gasteiger partial charge in [0, 0.05) is 18.4 Å². The lowest BCUT2D eigenvalue weighted by atomic mass is 10.2. The summed E-state index contributed by atoms with van der Waals surface area (Å²) in [6, 6.07) is 4.00. The van der Waals surface area contributed by atoms with E-state index < -0.39 is 0 Å². The Morgan fingerprint density at radius 1 is 1.15 bits per heavy atom. The number of aryl methyl sites for hydroxylation is 1. The van der Waals surface area contributed by atoms with Crippen molar-refractivity contribution in [2.75, 3.05) is 31.5 Å². The van der Waals surface area contributed by atoms with E-state index in [0.29, 0.717) is 0 Å². The second-order valence-electron chi connectivity index (χ2n) is 6.49. The van der Waals surface area contributed by atoms with Gasteiger partial charge in [-0.2, -0.15) is 0 Å². The van der Waals surface area contributed by atoms with Crippen LogP contribution >= 0.6 is 0 Å². The van der Waals surface area contributed by atoms with Crippen LogP contribution < -0.4 is 5.32 Å². The average Bonchev–Trinajstić information content (AvgIpc) is 2.94. The van der Waals surface area contributed by atoms with Gasteiger partial charge in [-0.15, -0.1) is 0 Å². The van der Waals surface area contributed by atoms with Crippen LogP contribution in [0.15, 0.2) is 30.9 Å². The van der Waals surface area contributed by atoms with Gasteiger partial charge in [-0.1, -0.05) is 13.8 Å². The first kappa shape index (κ1) is 18.3. The Kier molecular flexibility index (Phi) is 5.83. The number of anilines is 1. The largest absolute Gasteiger partial charge is 0.369 e. The molecule has 6 nitrogen and oxygen atoms in total. The lowest BCUT2D eigenvalue weighted by Crippen LogP contribution is -2.25. The zero-order valence-corrected chi connectivity index (χ0v) is 16.2. The van der Waals surface area contributed by atoms with Crippen LogP contribution in [0.25, 0.3) is 16.7 Å². The predicted molar refractivity (Wildman–Crippen MR) is 107 cm³/mol. The first-order valence-electron chi connectivity index (χ1n) is 9.36.